The van der Waals surface area contributed by atoms with Gasteiger partial charge in [-0.15, -0.1) is 0 Å². The molecule has 0 aliphatic heterocycles. The third-order valence-corrected chi connectivity index (χ3v) is 2.24. The van der Waals surface area contributed by atoms with Crippen molar-refractivity contribution in [2.24, 2.45) is 7.05 Å². The second-order valence-corrected chi connectivity index (χ2v) is 3.64. The molecule has 0 aromatic carbocycles. The minimum absolute atomic E-state index is 0.124. The number of carbonyl (C=O) groups excluding carboxylic acids is 1. The highest BCUT2D eigenvalue weighted by molar-refractivity contribution is 6.01. The van der Waals surface area contributed by atoms with Crippen LogP contribution in [0.2, 0.25) is 0 Å². The Morgan fingerprint density at radius 3 is 2.78 bits per heavy atom. The summed E-state index contributed by atoms with van der Waals surface area (Å²) in [4.78, 5) is 21.5. The van der Waals surface area contributed by atoms with Crippen LogP contribution in [0, 0.1) is 17.0 Å². The van der Waals surface area contributed by atoms with Crippen LogP contribution in [0.3, 0.4) is 0 Å². The van der Waals surface area contributed by atoms with E-state index in [1.807, 2.05) is 0 Å². The minimum Gasteiger partial charge on any atom is -0.395 e. The Hall–Kier alpha value is -2.64. The van der Waals surface area contributed by atoms with Gasteiger partial charge in [-0.25, -0.2) is 0 Å². The number of nitro groups is 1. The average Bonchev–Trinajstić information content (AvgIpc) is 2.86. The molecule has 0 aliphatic carbocycles. The van der Waals surface area contributed by atoms with Crippen LogP contribution in [-0.2, 0) is 7.05 Å². The predicted octanol–water partition coefficient (Wildman–Crippen LogP) is 1.48. The van der Waals surface area contributed by atoms with Gasteiger partial charge < -0.3 is 9.73 Å². The van der Waals surface area contributed by atoms with E-state index in [1.165, 1.54) is 10.7 Å². The highest BCUT2D eigenvalue weighted by Crippen LogP contribution is 2.17. The first kappa shape index (κ1) is 11.8. The third kappa shape index (κ3) is 2.21. The number of aryl methyl sites for hydroxylation is 2. The molecule has 2 heterocycles. The summed E-state index contributed by atoms with van der Waals surface area (Å²) in [5, 5.41) is 17.0. The van der Waals surface area contributed by atoms with Crippen molar-refractivity contribution in [3.05, 3.63) is 39.8 Å². The Labute approximate surface area is 101 Å². The van der Waals surface area contributed by atoms with Crippen LogP contribution in [0.25, 0.3) is 0 Å². The van der Waals surface area contributed by atoms with Gasteiger partial charge in [0.05, 0.1) is 11.8 Å². The smallest absolute Gasteiger partial charge is 0.395 e. The summed E-state index contributed by atoms with van der Waals surface area (Å²) >= 11 is 0. The quantitative estimate of drug-likeness (QED) is 0.656. The summed E-state index contributed by atoms with van der Waals surface area (Å²) in [6.45, 7) is 1.79. The van der Waals surface area contributed by atoms with Gasteiger partial charge in [-0.1, -0.05) is 0 Å². The molecule has 0 saturated carbocycles. The van der Waals surface area contributed by atoms with Crippen LogP contribution in [0.1, 0.15) is 16.2 Å². The summed E-state index contributed by atoms with van der Waals surface area (Å²) in [7, 11) is 1.67. The van der Waals surface area contributed by atoms with E-state index < -0.39 is 16.7 Å². The Balaban J connectivity index is 2.16. The van der Waals surface area contributed by atoms with Crippen molar-refractivity contribution in [1.82, 2.24) is 9.78 Å². The first-order chi connectivity index (χ1) is 8.47. The van der Waals surface area contributed by atoms with E-state index in [1.54, 1.807) is 20.0 Å². The number of nitrogens with one attached hydrogen (secondary N) is 1. The van der Waals surface area contributed by atoms with E-state index in [9.17, 15) is 14.9 Å². The number of aromatic nitrogens is 2. The van der Waals surface area contributed by atoms with E-state index in [2.05, 4.69) is 10.4 Å². The number of hydrogen-bond acceptors (Lipinski definition) is 5. The molecule has 2 aromatic rings. The van der Waals surface area contributed by atoms with Crippen molar-refractivity contribution >= 4 is 17.6 Å². The fourth-order valence-electron chi connectivity index (χ4n) is 1.45. The van der Waals surface area contributed by atoms with Crippen molar-refractivity contribution in [3.63, 3.8) is 0 Å². The summed E-state index contributed by atoms with van der Waals surface area (Å²) in [5.41, 5.74) is 0.748. The van der Waals surface area contributed by atoms with Gasteiger partial charge in [0, 0.05) is 13.1 Å². The number of amides is 1. The molecule has 0 spiro atoms. The van der Waals surface area contributed by atoms with Gasteiger partial charge in [-0.3, -0.25) is 19.6 Å². The standard InChI is InChI=1S/C10H10N4O4/c1-6-5-8(13(2)12-6)11-10(15)7-3-4-9(18-7)14(16)17/h3-5H,1-2H3,(H,11,15). The Kier molecular flexibility index (Phi) is 2.84. The normalized spacial score (nSPS) is 10.3. The molecule has 0 radical (unpaired) electrons. The molecule has 0 bridgehead atoms. The SMILES string of the molecule is Cc1cc(NC(=O)c2ccc([N+](=O)[O-])o2)n(C)n1. The monoisotopic (exact) mass is 250 g/mol. The van der Waals surface area contributed by atoms with Gasteiger partial charge in [0.15, 0.2) is 5.76 Å². The summed E-state index contributed by atoms with van der Waals surface area (Å²) < 4.78 is 6.28. The van der Waals surface area contributed by atoms with E-state index in [0.29, 0.717) is 5.82 Å². The van der Waals surface area contributed by atoms with Gasteiger partial charge in [0.1, 0.15) is 10.7 Å². The lowest BCUT2D eigenvalue weighted by Gasteiger charge is -2.01. The first-order valence-corrected chi connectivity index (χ1v) is 5.03. The molecule has 2 rings (SSSR count). The fourth-order valence-corrected chi connectivity index (χ4v) is 1.45. The largest absolute Gasteiger partial charge is 0.433 e. The maximum atomic E-state index is 11.7. The molecule has 8 heteroatoms. The zero-order valence-electron chi connectivity index (χ0n) is 9.71. The topological polar surface area (TPSA) is 103 Å². The van der Waals surface area contributed by atoms with E-state index in [0.717, 1.165) is 11.8 Å². The molecule has 2 aromatic heterocycles. The van der Waals surface area contributed by atoms with Crippen LogP contribution < -0.4 is 5.32 Å². The maximum Gasteiger partial charge on any atom is 0.433 e. The highest BCUT2D eigenvalue weighted by Gasteiger charge is 2.18. The summed E-state index contributed by atoms with van der Waals surface area (Å²) in [5.74, 6) is -0.676. The number of nitrogens with zero attached hydrogens (tertiary/aromatic N) is 3. The molecule has 94 valence electrons. The lowest BCUT2D eigenvalue weighted by Crippen LogP contribution is -2.13. The minimum atomic E-state index is -0.703. The number of rotatable bonds is 3. The molecular weight excluding hydrogens is 240 g/mol. The van der Waals surface area contributed by atoms with Gasteiger partial charge in [0.2, 0.25) is 0 Å². The van der Waals surface area contributed by atoms with Crippen molar-refractivity contribution < 1.29 is 14.1 Å². The van der Waals surface area contributed by atoms with Crippen molar-refractivity contribution in [2.45, 2.75) is 6.92 Å². The number of carbonyl (C=O) groups is 1. The summed E-state index contributed by atoms with van der Waals surface area (Å²) in [6.07, 6.45) is 0. The number of hydrogen-bond donors (Lipinski definition) is 1. The lowest BCUT2D eigenvalue weighted by atomic mass is 10.4. The van der Waals surface area contributed by atoms with Crippen molar-refractivity contribution in [1.29, 1.82) is 0 Å². The molecule has 0 atom stereocenters. The first-order valence-electron chi connectivity index (χ1n) is 5.03. The third-order valence-electron chi connectivity index (χ3n) is 2.24. The Bertz CT molecular complexity index is 613. The Morgan fingerprint density at radius 2 is 2.28 bits per heavy atom. The van der Waals surface area contributed by atoms with Crippen LogP contribution in [0.15, 0.2) is 22.6 Å². The van der Waals surface area contributed by atoms with Gasteiger partial charge in [-0.05, 0) is 13.0 Å². The van der Waals surface area contributed by atoms with E-state index in [-0.39, 0.29) is 5.76 Å². The molecular formula is C10H10N4O4. The molecule has 18 heavy (non-hydrogen) atoms. The highest BCUT2D eigenvalue weighted by atomic mass is 16.6. The predicted molar refractivity (Wildman–Crippen MR) is 61.3 cm³/mol. The zero-order valence-corrected chi connectivity index (χ0v) is 9.71. The molecule has 1 N–H and O–H groups in total. The maximum absolute atomic E-state index is 11.7. The number of anilines is 1. The second-order valence-electron chi connectivity index (χ2n) is 3.64. The molecule has 0 saturated heterocycles. The molecule has 0 unspecified atom stereocenters. The van der Waals surface area contributed by atoms with Crippen LogP contribution in [0.4, 0.5) is 11.7 Å². The van der Waals surface area contributed by atoms with Crippen LogP contribution in [0.5, 0.6) is 0 Å². The average molecular weight is 250 g/mol. The molecule has 0 fully saturated rings. The summed E-state index contributed by atoms with van der Waals surface area (Å²) in [6, 6.07) is 4.05. The van der Waals surface area contributed by atoms with Gasteiger partial charge >= 0.3 is 5.88 Å². The van der Waals surface area contributed by atoms with Gasteiger partial charge in [0.25, 0.3) is 5.91 Å². The molecule has 8 nitrogen and oxygen atoms in total. The fraction of sp³-hybridized carbons (Fsp3) is 0.200. The molecule has 0 aliphatic rings. The zero-order chi connectivity index (χ0) is 13.3. The lowest BCUT2D eigenvalue weighted by molar-refractivity contribution is -0.402. The van der Waals surface area contributed by atoms with Crippen molar-refractivity contribution in [2.75, 3.05) is 5.32 Å². The molecule has 1 amide bonds. The van der Waals surface area contributed by atoms with E-state index >= 15 is 0 Å². The van der Waals surface area contributed by atoms with Gasteiger partial charge in [-0.2, -0.15) is 5.10 Å². The second kappa shape index (κ2) is 4.32. The Morgan fingerprint density at radius 1 is 1.56 bits per heavy atom. The van der Waals surface area contributed by atoms with Crippen LogP contribution in [-0.4, -0.2) is 20.6 Å². The van der Waals surface area contributed by atoms with E-state index in [4.69, 9.17) is 4.42 Å². The van der Waals surface area contributed by atoms with Crippen LogP contribution >= 0.6 is 0 Å². The number of furan rings is 1. The van der Waals surface area contributed by atoms with Crippen molar-refractivity contribution in [3.8, 4) is 0 Å².